The van der Waals surface area contributed by atoms with E-state index in [1.807, 2.05) is 4.90 Å². The summed E-state index contributed by atoms with van der Waals surface area (Å²) in [5, 5.41) is 9.17. The highest BCUT2D eigenvalue weighted by molar-refractivity contribution is 5.73. The van der Waals surface area contributed by atoms with Gasteiger partial charge >= 0.3 is 0 Å². The number of aliphatic hydroxyl groups excluding tert-OH is 1. The van der Waals surface area contributed by atoms with Crippen molar-refractivity contribution in [3.63, 3.8) is 0 Å². The molecule has 1 aliphatic rings. The molecule has 1 heterocycles. The molecule has 0 aliphatic carbocycles. The maximum Gasteiger partial charge on any atom is 0.219 e. The third kappa shape index (κ3) is 2.21. The quantitative estimate of drug-likeness (QED) is 0.666. The molecule has 1 saturated heterocycles. The van der Waals surface area contributed by atoms with Crippen LogP contribution in [0.5, 0.6) is 0 Å². The molecule has 1 N–H and O–H groups in total. The summed E-state index contributed by atoms with van der Waals surface area (Å²) in [7, 11) is 0. The third-order valence-electron chi connectivity index (χ3n) is 2.39. The van der Waals surface area contributed by atoms with Gasteiger partial charge in [0.1, 0.15) is 0 Å². The van der Waals surface area contributed by atoms with Crippen LogP contribution in [0.3, 0.4) is 0 Å². The highest BCUT2D eigenvalue weighted by Gasteiger charge is 2.26. The zero-order valence-electron chi connectivity index (χ0n) is 7.79. The van der Waals surface area contributed by atoms with Crippen LogP contribution < -0.4 is 0 Å². The fourth-order valence-corrected chi connectivity index (χ4v) is 1.89. The van der Waals surface area contributed by atoms with Crippen molar-refractivity contribution in [3.8, 4) is 0 Å². The Morgan fingerprint density at radius 3 is 2.92 bits per heavy atom. The molecule has 0 saturated carbocycles. The van der Waals surface area contributed by atoms with Crippen LogP contribution in [0.2, 0.25) is 0 Å². The molecular formula is C9H17NO2. The van der Waals surface area contributed by atoms with Gasteiger partial charge in [-0.05, 0) is 26.2 Å². The predicted molar refractivity (Wildman–Crippen MR) is 46.7 cm³/mol. The third-order valence-corrected chi connectivity index (χ3v) is 2.39. The standard InChI is InChI=1S/C9H17NO2/c1-7(11)6-9-4-3-5-10(9)8(2)12/h7,9,11H,3-6H2,1-2H3. The second-order valence-corrected chi connectivity index (χ2v) is 3.59. The monoisotopic (exact) mass is 171 g/mol. The van der Waals surface area contributed by atoms with E-state index in [4.69, 9.17) is 0 Å². The number of nitrogens with zero attached hydrogens (tertiary/aromatic N) is 1. The molecule has 70 valence electrons. The number of likely N-dealkylation sites (tertiary alicyclic amines) is 1. The van der Waals surface area contributed by atoms with E-state index in [-0.39, 0.29) is 18.1 Å². The average molecular weight is 171 g/mol. The van der Waals surface area contributed by atoms with Gasteiger partial charge in [-0.25, -0.2) is 0 Å². The first-order valence-electron chi connectivity index (χ1n) is 4.56. The van der Waals surface area contributed by atoms with Gasteiger partial charge in [0.25, 0.3) is 0 Å². The molecule has 0 aromatic rings. The van der Waals surface area contributed by atoms with Crippen LogP contribution in [0.1, 0.15) is 33.1 Å². The largest absolute Gasteiger partial charge is 0.393 e. The lowest BCUT2D eigenvalue weighted by Crippen LogP contribution is -2.35. The molecule has 1 rings (SSSR count). The lowest BCUT2D eigenvalue weighted by atomic mass is 10.1. The molecular weight excluding hydrogens is 154 g/mol. The summed E-state index contributed by atoms with van der Waals surface area (Å²) < 4.78 is 0. The van der Waals surface area contributed by atoms with E-state index in [0.717, 1.165) is 25.8 Å². The van der Waals surface area contributed by atoms with E-state index < -0.39 is 0 Å². The SMILES string of the molecule is CC(=O)N1CCCC1CC(C)O. The minimum atomic E-state index is -0.296. The number of hydrogen-bond donors (Lipinski definition) is 1. The molecule has 2 atom stereocenters. The Kier molecular flexibility index (Phi) is 3.09. The van der Waals surface area contributed by atoms with Gasteiger partial charge in [0.2, 0.25) is 5.91 Å². The lowest BCUT2D eigenvalue weighted by Gasteiger charge is -2.24. The van der Waals surface area contributed by atoms with Gasteiger partial charge in [-0.2, -0.15) is 0 Å². The van der Waals surface area contributed by atoms with Crippen molar-refractivity contribution in [3.05, 3.63) is 0 Å². The second-order valence-electron chi connectivity index (χ2n) is 3.59. The first-order chi connectivity index (χ1) is 5.61. The van der Waals surface area contributed by atoms with Gasteiger partial charge in [-0.1, -0.05) is 0 Å². The van der Waals surface area contributed by atoms with Crippen molar-refractivity contribution in [2.45, 2.75) is 45.3 Å². The molecule has 0 spiro atoms. The van der Waals surface area contributed by atoms with Gasteiger partial charge in [0, 0.05) is 19.5 Å². The van der Waals surface area contributed by atoms with Crippen LogP contribution in [0.25, 0.3) is 0 Å². The minimum absolute atomic E-state index is 0.137. The van der Waals surface area contributed by atoms with E-state index in [1.165, 1.54) is 0 Å². The van der Waals surface area contributed by atoms with Crippen LogP contribution in [-0.2, 0) is 4.79 Å². The number of hydrogen-bond acceptors (Lipinski definition) is 2. The molecule has 0 aromatic heterocycles. The van der Waals surface area contributed by atoms with E-state index in [2.05, 4.69) is 0 Å². The number of amides is 1. The van der Waals surface area contributed by atoms with Gasteiger partial charge < -0.3 is 10.0 Å². The number of rotatable bonds is 2. The smallest absolute Gasteiger partial charge is 0.219 e. The zero-order chi connectivity index (χ0) is 9.14. The molecule has 12 heavy (non-hydrogen) atoms. The number of carbonyl (C=O) groups is 1. The molecule has 3 heteroatoms. The van der Waals surface area contributed by atoms with E-state index >= 15 is 0 Å². The van der Waals surface area contributed by atoms with E-state index in [9.17, 15) is 9.90 Å². The van der Waals surface area contributed by atoms with E-state index in [0.29, 0.717) is 0 Å². The van der Waals surface area contributed by atoms with Crippen LogP contribution in [0, 0.1) is 0 Å². The molecule has 0 radical (unpaired) electrons. The van der Waals surface area contributed by atoms with Crippen molar-refractivity contribution in [2.24, 2.45) is 0 Å². The maximum absolute atomic E-state index is 11.1. The van der Waals surface area contributed by atoms with Crippen LogP contribution >= 0.6 is 0 Å². The van der Waals surface area contributed by atoms with Crippen molar-refractivity contribution in [2.75, 3.05) is 6.54 Å². The maximum atomic E-state index is 11.1. The Balaban J connectivity index is 2.46. The summed E-state index contributed by atoms with van der Waals surface area (Å²) >= 11 is 0. The first-order valence-corrected chi connectivity index (χ1v) is 4.56. The van der Waals surface area contributed by atoms with Crippen LogP contribution in [-0.4, -0.2) is 34.6 Å². The zero-order valence-corrected chi connectivity index (χ0v) is 7.79. The Hall–Kier alpha value is -0.570. The second kappa shape index (κ2) is 3.90. The molecule has 2 unspecified atom stereocenters. The Labute approximate surface area is 73.4 Å². The number of carbonyl (C=O) groups excluding carboxylic acids is 1. The predicted octanol–water partition coefficient (Wildman–Crippen LogP) is 0.768. The summed E-state index contributed by atoms with van der Waals surface area (Å²) in [6, 6.07) is 0.280. The van der Waals surface area contributed by atoms with Crippen molar-refractivity contribution in [1.29, 1.82) is 0 Å². The first kappa shape index (κ1) is 9.52. The Morgan fingerprint density at radius 2 is 2.42 bits per heavy atom. The Morgan fingerprint density at radius 1 is 1.75 bits per heavy atom. The molecule has 3 nitrogen and oxygen atoms in total. The summed E-state index contributed by atoms with van der Waals surface area (Å²) in [5.41, 5.74) is 0. The molecule has 1 fully saturated rings. The summed E-state index contributed by atoms with van der Waals surface area (Å²) in [5.74, 6) is 0.137. The fraction of sp³-hybridized carbons (Fsp3) is 0.889. The van der Waals surface area contributed by atoms with Crippen LogP contribution in [0.4, 0.5) is 0 Å². The van der Waals surface area contributed by atoms with Gasteiger partial charge in [-0.3, -0.25) is 4.79 Å². The summed E-state index contributed by atoms with van der Waals surface area (Å²) in [4.78, 5) is 12.9. The van der Waals surface area contributed by atoms with Crippen molar-refractivity contribution >= 4 is 5.91 Å². The van der Waals surface area contributed by atoms with Crippen LogP contribution in [0.15, 0.2) is 0 Å². The molecule has 0 bridgehead atoms. The fourth-order valence-electron chi connectivity index (χ4n) is 1.89. The van der Waals surface area contributed by atoms with Gasteiger partial charge in [0.15, 0.2) is 0 Å². The van der Waals surface area contributed by atoms with Gasteiger partial charge in [-0.15, -0.1) is 0 Å². The van der Waals surface area contributed by atoms with E-state index in [1.54, 1.807) is 13.8 Å². The lowest BCUT2D eigenvalue weighted by molar-refractivity contribution is -0.130. The minimum Gasteiger partial charge on any atom is -0.393 e. The van der Waals surface area contributed by atoms with Crippen molar-refractivity contribution < 1.29 is 9.90 Å². The highest BCUT2D eigenvalue weighted by Crippen LogP contribution is 2.21. The highest BCUT2D eigenvalue weighted by atomic mass is 16.3. The number of aliphatic hydroxyl groups is 1. The van der Waals surface area contributed by atoms with Gasteiger partial charge in [0.05, 0.1) is 6.10 Å². The van der Waals surface area contributed by atoms with Crippen molar-refractivity contribution in [1.82, 2.24) is 4.90 Å². The molecule has 0 aromatic carbocycles. The topological polar surface area (TPSA) is 40.5 Å². The molecule has 1 aliphatic heterocycles. The Bertz CT molecular complexity index is 168. The average Bonchev–Trinajstić information content (AvgIpc) is 2.33. The normalized spacial score (nSPS) is 25.9. The molecule has 1 amide bonds. The summed E-state index contributed by atoms with van der Waals surface area (Å²) in [6.07, 6.45) is 2.55. The summed E-state index contributed by atoms with van der Waals surface area (Å²) in [6.45, 7) is 4.24.